The molecule has 0 unspecified atom stereocenters. The van der Waals surface area contributed by atoms with Gasteiger partial charge < -0.3 is 4.79 Å². The van der Waals surface area contributed by atoms with Crippen LogP contribution in [0.2, 0.25) is 0 Å². The van der Waals surface area contributed by atoms with Gasteiger partial charge in [-0.1, -0.05) is 11.8 Å². The molecular weight excluding hydrogens is 207 g/mol. The van der Waals surface area contributed by atoms with E-state index in [2.05, 4.69) is 16.8 Å². The second kappa shape index (κ2) is 4.60. The summed E-state index contributed by atoms with van der Waals surface area (Å²) in [6.07, 6.45) is -1.91. The molecule has 15 heavy (non-hydrogen) atoms. The largest absolute Gasteiger partial charge is 0.417 e. The Morgan fingerprint density at radius 2 is 2.13 bits per heavy atom. The third-order valence-corrected chi connectivity index (χ3v) is 1.48. The zero-order valence-corrected chi connectivity index (χ0v) is 7.51. The zero-order chi connectivity index (χ0) is 11.3. The number of rotatable bonds is 1. The number of aromatic nitrogens is 1. The number of alkyl halides is 3. The number of nitrogens with zero attached hydrogens (tertiary/aromatic N) is 1. The Bertz CT molecular complexity index is 415. The minimum absolute atomic E-state index is 0.00372. The summed E-state index contributed by atoms with van der Waals surface area (Å²) >= 11 is 0. The highest BCUT2D eigenvalue weighted by atomic mass is 19.4. The first-order valence-electron chi connectivity index (χ1n) is 3.99. The first-order valence-corrected chi connectivity index (χ1v) is 3.99. The predicted octanol–water partition coefficient (Wildman–Crippen LogP) is 2.04. The molecule has 0 saturated heterocycles. The monoisotopic (exact) mass is 213 g/mol. The Labute approximate surface area is 84.1 Å². The fraction of sp³-hybridized carbons (Fsp3) is 0.200. The van der Waals surface area contributed by atoms with Gasteiger partial charge in [-0.25, -0.2) is 0 Å². The van der Waals surface area contributed by atoms with Crippen LogP contribution in [-0.2, 0) is 11.0 Å². The number of hydrogen-bond acceptors (Lipinski definition) is 2. The topological polar surface area (TPSA) is 30.0 Å². The number of pyridine rings is 1. The van der Waals surface area contributed by atoms with Gasteiger partial charge in [-0.3, -0.25) is 4.98 Å². The first-order chi connectivity index (χ1) is 7.04. The molecule has 5 heteroatoms. The maximum atomic E-state index is 12.2. The van der Waals surface area contributed by atoms with E-state index in [0.29, 0.717) is 6.29 Å². The van der Waals surface area contributed by atoms with Gasteiger partial charge in [0.2, 0.25) is 0 Å². The van der Waals surface area contributed by atoms with Gasteiger partial charge in [0.1, 0.15) is 6.29 Å². The van der Waals surface area contributed by atoms with E-state index >= 15 is 0 Å². The Hall–Kier alpha value is -1.83. The maximum Gasteiger partial charge on any atom is 0.417 e. The second-order valence-corrected chi connectivity index (χ2v) is 2.63. The van der Waals surface area contributed by atoms with E-state index in [1.807, 2.05) is 0 Å². The van der Waals surface area contributed by atoms with E-state index in [9.17, 15) is 18.0 Å². The summed E-state index contributed by atoms with van der Waals surface area (Å²) in [6.45, 7) is 0. The number of halogens is 3. The van der Waals surface area contributed by atoms with Crippen molar-refractivity contribution in [1.29, 1.82) is 0 Å². The van der Waals surface area contributed by atoms with Crippen LogP contribution in [0.5, 0.6) is 0 Å². The van der Waals surface area contributed by atoms with E-state index in [4.69, 9.17) is 0 Å². The van der Waals surface area contributed by atoms with Crippen molar-refractivity contribution >= 4 is 6.29 Å². The SMILES string of the molecule is O=CCC#Cc1cncc(C(F)(F)F)c1. The third-order valence-electron chi connectivity index (χ3n) is 1.48. The Balaban J connectivity index is 2.94. The predicted molar refractivity (Wildman–Crippen MR) is 46.8 cm³/mol. The maximum absolute atomic E-state index is 12.2. The van der Waals surface area contributed by atoms with E-state index in [-0.39, 0.29) is 12.0 Å². The summed E-state index contributed by atoms with van der Waals surface area (Å²) in [4.78, 5) is 13.3. The highest BCUT2D eigenvalue weighted by molar-refractivity contribution is 5.54. The molecular formula is C10H6F3NO. The van der Waals surface area contributed by atoms with Gasteiger partial charge in [0.25, 0.3) is 0 Å². The average molecular weight is 213 g/mol. The fourth-order valence-corrected chi connectivity index (χ4v) is 0.858. The molecule has 0 aliphatic carbocycles. The molecule has 1 rings (SSSR count). The first kappa shape index (κ1) is 11.2. The average Bonchev–Trinajstić information content (AvgIpc) is 2.17. The molecule has 0 radical (unpaired) electrons. The lowest BCUT2D eigenvalue weighted by atomic mass is 10.2. The quantitative estimate of drug-likeness (QED) is 0.527. The van der Waals surface area contributed by atoms with Crippen molar-refractivity contribution in [1.82, 2.24) is 4.98 Å². The lowest BCUT2D eigenvalue weighted by Gasteiger charge is -2.04. The minimum Gasteiger partial charge on any atom is -0.302 e. The molecule has 78 valence electrons. The van der Waals surface area contributed by atoms with Crippen LogP contribution in [0.1, 0.15) is 17.5 Å². The molecule has 1 heterocycles. The Kier molecular flexibility index (Phi) is 3.45. The van der Waals surface area contributed by atoms with Crippen LogP contribution in [0.4, 0.5) is 13.2 Å². The zero-order valence-electron chi connectivity index (χ0n) is 7.51. The summed E-state index contributed by atoms with van der Waals surface area (Å²) in [6, 6.07) is 0.894. The summed E-state index contributed by atoms with van der Waals surface area (Å²) in [5, 5.41) is 0. The Morgan fingerprint density at radius 1 is 1.40 bits per heavy atom. The molecule has 0 saturated carbocycles. The lowest BCUT2D eigenvalue weighted by molar-refractivity contribution is -0.137. The van der Waals surface area contributed by atoms with Gasteiger partial charge in [0.05, 0.1) is 12.0 Å². The summed E-state index contributed by atoms with van der Waals surface area (Å²) < 4.78 is 36.6. The van der Waals surface area contributed by atoms with Crippen molar-refractivity contribution in [3.05, 3.63) is 29.6 Å². The smallest absolute Gasteiger partial charge is 0.302 e. The van der Waals surface area contributed by atoms with Gasteiger partial charge in [0, 0.05) is 18.0 Å². The van der Waals surface area contributed by atoms with E-state index in [1.54, 1.807) is 0 Å². The van der Waals surface area contributed by atoms with Crippen molar-refractivity contribution < 1.29 is 18.0 Å². The molecule has 0 fully saturated rings. The van der Waals surface area contributed by atoms with Crippen LogP contribution in [-0.4, -0.2) is 11.3 Å². The molecule has 1 aromatic heterocycles. The van der Waals surface area contributed by atoms with E-state index in [1.165, 1.54) is 6.20 Å². The van der Waals surface area contributed by atoms with Crippen LogP contribution >= 0.6 is 0 Å². The standard InChI is InChI=1S/C10H6F3NO/c11-10(12,13)9-5-8(6-14-7-9)3-1-2-4-15/h4-7H,2H2. The third kappa shape index (κ3) is 3.43. The van der Waals surface area contributed by atoms with Gasteiger partial charge >= 0.3 is 6.18 Å². The Morgan fingerprint density at radius 3 is 2.73 bits per heavy atom. The van der Waals surface area contributed by atoms with Crippen molar-refractivity contribution in [2.45, 2.75) is 12.6 Å². The van der Waals surface area contributed by atoms with Crippen LogP contribution in [0.15, 0.2) is 18.5 Å². The summed E-state index contributed by atoms with van der Waals surface area (Å²) in [7, 11) is 0. The van der Waals surface area contributed by atoms with Gasteiger partial charge in [0.15, 0.2) is 0 Å². The van der Waals surface area contributed by atoms with Crippen LogP contribution < -0.4 is 0 Å². The summed E-state index contributed by atoms with van der Waals surface area (Å²) in [5.74, 6) is 4.82. The molecule has 1 aromatic rings. The molecule has 0 aromatic carbocycles. The van der Waals surface area contributed by atoms with Crippen molar-refractivity contribution in [2.75, 3.05) is 0 Å². The highest BCUT2D eigenvalue weighted by Gasteiger charge is 2.30. The van der Waals surface area contributed by atoms with Gasteiger partial charge in [-0.2, -0.15) is 13.2 Å². The molecule has 0 aliphatic rings. The molecule has 0 bridgehead atoms. The number of aldehydes is 1. The number of carbonyl (C=O) groups excluding carboxylic acids is 1. The summed E-state index contributed by atoms with van der Waals surface area (Å²) in [5.41, 5.74) is -0.702. The molecule has 0 N–H and O–H groups in total. The van der Waals surface area contributed by atoms with Crippen LogP contribution in [0.25, 0.3) is 0 Å². The van der Waals surface area contributed by atoms with E-state index < -0.39 is 11.7 Å². The van der Waals surface area contributed by atoms with Gasteiger partial charge in [-0.05, 0) is 6.07 Å². The molecule has 0 aliphatic heterocycles. The van der Waals surface area contributed by atoms with Crippen molar-refractivity contribution in [3.63, 3.8) is 0 Å². The van der Waals surface area contributed by atoms with Crippen molar-refractivity contribution in [2.24, 2.45) is 0 Å². The van der Waals surface area contributed by atoms with Crippen molar-refractivity contribution in [3.8, 4) is 11.8 Å². The molecule has 0 amide bonds. The minimum atomic E-state index is -4.42. The fourth-order valence-electron chi connectivity index (χ4n) is 0.858. The number of carbonyl (C=O) groups is 1. The lowest BCUT2D eigenvalue weighted by Crippen LogP contribution is -2.05. The highest BCUT2D eigenvalue weighted by Crippen LogP contribution is 2.28. The molecule has 0 atom stereocenters. The van der Waals surface area contributed by atoms with Gasteiger partial charge in [-0.15, -0.1) is 0 Å². The van der Waals surface area contributed by atoms with Crippen LogP contribution in [0.3, 0.4) is 0 Å². The number of hydrogen-bond donors (Lipinski definition) is 0. The normalized spacial score (nSPS) is 10.3. The molecule has 0 spiro atoms. The molecule has 2 nitrogen and oxygen atoms in total. The van der Waals surface area contributed by atoms with E-state index in [0.717, 1.165) is 12.3 Å². The van der Waals surface area contributed by atoms with Crippen LogP contribution in [0, 0.1) is 11.8 Å². The second-order valence-electron chi connectivity index (χ2n) is 2.63.